The van der Waals surface area contributed by atoms with Gasteiger partial charge in [-0.25, -0.2) is 13.4 Å². The van der Waals surface area contributed by atoms with Crippen LogP contribution in [0.3, 0.4) is 0 Å². The van der Waals surface area contributed by atoms with Crippen LogP contribution in [-0.4, -0.2) is 47.8 Å². The summed E-state index contributed by atoms with van der Waals surface area (Å²) in [5, 5.41) is 12.2. The number of nitro benzene ring substituents is 1. The number of benzene rings is 1. The Morgan fingerprint density at radius 1 is 1.31 bits per heavy atom. The van der Waals surface area contributed by atoms with Crippen LogP contribution in [0.5, 0.6) is 5.75 Å². The van der Waals surface area contributed by atoms with E-state index in [9.17, 15) is 18.5 Å². The molecule has 1 aliphatic rings. The highest BCUT2D eigenvalue weighted by atomic mass is 32.2. The quantitative estimate of drug-likeness (QED) is 0.506. The summed E-state index contributed by atoms with van der Waals surface area (Å²) in [7, 11) is -2.57. The number of fused-ring (bicyclic) bond motifs is 1. The summed E-state index contributed by atoms with van der Waals surface area (Å²) in [5.41, 5.74) is 2.44. The van der Waals surface area contributed by atoms with Crippen molar-refractivity contribution < 1.29 is 18.1 Å². The number of sulfonamides is 1. The van der Waals surface area contributed by atoms with E-state index in [1.165, 1.54) is 23.5 Å². The van der Waals surface area contributed by atoms with Crippen molar-refractivity contribution in [3.63, 3.8) is 0 Å². The van der Waals surface area contributed by atoms with Crippen LogP contribution in [-0.2, 0) is 10.0 Å². The van der Waals surface area contributed by atoms with E-state index in [2.05, 4.69) is 9.97 Å². The molecule has 1 aromatic carbocycles. The van der Waals surface area contributed by atoms with Crippen molar-refractivity contribution >= 4 is 32.3 Å². The Morgan fingerprint density at radius 2 is 2.14 bits per heavy atom. The number of rotatable bonds is 5. The van der Waals surface area contributed by atoms with E-state index in [4.69, 9.17) is 4.74 Å². The monoisotopic (exact) mass is 414 g/mol. The number of nitrogens with zero attached hydrogens (tertiary/aromatic N) is 3. The second-order valence-electron chi connectivity index (χ2n) is 6.54. The zero-order chi connectivity index (χ0) is 20.6. The molecule has 150 valence electrons. The van der Waals surface area contributed by atoms with Crippen molar-refractivity contribution in [2.75, 3.05) is 20.2 Å². The van der Waals surface area contributed by atoms with Gasteiger partial charge in [-0.1, -0.05) is 6.08 Å². The van der Waals surface area contributed by atoms with Crippen molar-refractivity contribution in [1.82, 2.24) is 14.3 Å². The molecule has 0 aliphatic carbocycles. The first kappa shape index (κ1) is 19.1. The van der Waals surface area contributed by atoms with Crippen LogP contribution in [0, 0.1) is 10.1 Å². The van der Waals surface area contributed by atoms with Gasteiger partial charge in [0, 0.05) is 42.5 Å². The highest BCUT2D eigenvalue weighted by molar-refractivity contribution is 7.89. The molecule has 3 heterocycles. The largest absolute Gasteiger partial charge is 0.490 e. The van der Waals surface area contributed by atoms with Crippen LogP contribution >= 0.6 is 0 Å². The first-order valence-corrected chi connectivity index (χ1v) is 10.3. The van der Waals surface area contributed by atoms with E-state index in [-0.39, 0.29) is 29.4 Å². The van der Waals surface area contributed by atoms with Crippen LogP contribution in [0.4, 0.5) is 5.69 Å². The fourth-order valence-electron chi connectivity index (χ4n) is 3.46. The molecular weight excluding hydrogens is 396 g/mol. The third kappa shape index (κ3) is 3.36. The van der Waals surface area contributed by atoms with Crippen molar-refractivity contribution in [3.05, 3.63) is 64.5 Å². The molecule has 10 heteroatoms. The van der Waals surface area contributed by atoms with Crippen LogP contribution in [0.15, 0.2) is 53.7 Å². The lowest BCUT2D eigenvalue weighted by Gasteiger charge is -2.25. The first-order chi connectivity index (χ1) is 13.9. The Kier molecular flexibility index (Phi) is 4.81. The maximum absolute atomic E-state index is 13.0. The third-order valence-corrected chi connectivity index (χ3v) is 6.81. The highest BCUT2D eigenvalue weighted by Crippen LogP contribution is 2.33. The Bertz CT molecular complexity index is 1230. The summed E-state index contributed by atoms with van der Waals surface area (Å²) in [5.74, 6) is 0.0164. The lowest BCUT2D eigenvalue weighted by Crippen LogP contribution is -2.34. The molecule has 0 spiro atoms. The molecule has 3 aromatic rings. The van der Waals surface area contributed by atoms with Gasteiger partial charge in [0.2, 0.25) is 10.0 Å². The molecule has 2 aromatic heterocycles. The van der Waals surface area contributed by atoms with E-state index in [1.54, 1.807) is 6.20 Å². The standard InChI is InChI=1S/C19H18N4O5S/c1-28-18-5-4-14(11-17(18)23(24)25)29(26,27)22-9-6-13(7-10-22)16-12-21-19-15(16)3-2-8-20-19/h2-6,8,11-12H,7,9-10H2,1H3,(H,20,21). The average Bonchev–Trinajstić information content (AvgIpc) is 3.17. The van der Waals surface area contributed by atoms with E-state index < -0.39 is 14.9 Å². The van der Waals surface area contributed by atoms with Gasteiger partial charge in [0.15, 0.2) is 5.75 Å². The number of pyridine rings is 1. The molecule has 0 saturated carbocycles. The number of nitro groups is 1. The maximum Gasteiger partial charge on any atom is 0.312 e. The number of aromatic nitrogens is 2. The van der Waals surface area contributed by atoms with Crippen LogP contribution in [0.1, 0.15) is 12.0 Å². The molecule has 0 fully saturated rings. The van der Waals surface area contributed by atoms with E-state index in [1.807, 2.05) is 24.4 Å². The molecule has 0 saturated heterocycles. The number of methoxy groups -OCH3 is 1. The summed E-state index contributed by atoms with van der Waals surface area (Å²) < 4.78 is 32.2. The van der Waals surface area contributed by atoms with Gasteiger partial charge in [-0.05, 0) is 36.3 Å². The van der Waals surface area contributed by atoms with Crippen molar-refractivity contribution in [2.45, 2.75) is 11.3 Å². The second-order valence-corrected chi connectivity index (χ2v) is 8.47. The number of hydrogen-bond acceptors (Lipinski definition) is 6. The number of H-pyrrole nitrogens is 1. The van der Waals surface area contributed by atoms with Crippen molar-refractivity contribution in [1.29, 1.82) is 0 Å². The molecule has 9 nitrogen and oxygen atoms in total. The van der Waals surface area contributed by atoms with Gasteiger partial charge in [0.05, 0.1) is 16.9 Å². The zero-order valence-corrected chi connectivity index (χ0v) is 16.3. The Balaban J connectivity index is 1.62. The van der Waals surface area contributed by atoms with Crippen LogP contribution in [0.2, 0.25) is 0 Å². The molecule has 0 atom stereocenters. The summed E-state index contributed by atoms with van der Waals surface area (Å²) in [6, 6.07) is 7.49. The lowest BCUT2D eigenvalue weighted by molar-refractivity contribution is -0.386. The molecule has 0 radical (unpaired) electrons. The predicted octanol–water partition coefficient (Wildman–Crippen LogP) is 2.96. The summed E-state index contributed by atoms with van der Waals surface area (Å²) in [6.07, 6.45) is 5.98. The van der Waals surface area contributed by atoms with Crippen LogP contribution < -0.4 is 4.74 Å². The number of aromatic amines is 1. The van der Waals surface area contributed by atoms with Crippen molar-refractivity contribution in [2.24, 2.45) is 0 Å². The maximum atomic E-state index is 13.0. The predicted molar refractivity (Wildman–Crippen MR) is 107 cm³/mol. The zero-order valence-electron chi connectivity index (χ0n) is 15.5. The fraction of sp³-hybridized carbons (Fsp3) is 0.211. The minimum absolute atomic E-state index is 0.0164. The molecule has 1 aliphatic heterocycles. The van der Waals surface area contributed by atoms with Gasteiger partial charge in [-0.15, -0.1) is 0 Å². The Hall–Kier alpha value is -3.24. The SMILES string of the molecule is COc1ccc(S(=O)(=O)N2CC=C(c3c[nH]c4ncccc34)CC2)cc1[N+](=O)[O-]. The summed E-state index contributed by atoms with van der Waals surface area (Å²) in [6.45, 7) is 0.464. The highest BCUT2D eigenvalue weighted by Gasteiger charge is 2.29. The summed E-state index contributed by atoms with van der Waals surface area (Å²) in [4.78, 5) is 17.8. The minimum Gasteiger partial charge on any atom is -0.490 e. The first-order valence-electron chi connectivity index (χ1n) is 8.86. The Morgan fingerprint density at radius 3 is 2.83 bits per heavy atom. The molecule has 1 N–H and O–H groups in total. The number of hydrogen-bond donors (Lipinski definition) is 1. The average molecular weight is 414 g/mol. The van der Waals surface area contributed by atoms with Crippen molar-refractivity contribution in [3.8, 4) is 5.75 Å². The minimum atomic E-state index is -3.87. The van der Waals surface area contributed by atoms with E-state index in [0.29, 0.717) is 6.42 Å². The molecule has 0 unspecified atom stereocenters. The molecular formula is C19H18N4O5S. The van der Waals surface area contributed by atoms with Gasteiger partial charge in [-0.3, -0.25) is 10.1 Å². The molecule has 4 rings (SSSR count). The van der Waals surface area contributed by atoms with Gasteiger partial charge < -0.3 is 9.72 Å². The van der Waals surface area contributed by atoms with E-state index in [0.717, 1.165) is 28.2 Å². The normalized spacial score (nSPS) is 15.3. The van der Waals surface area contributed by atoms with Gasteiger partial charge in [0.25, 0.3) is 0 Å². The van der Waals surface area contributed by atoms with Gasteiger partial charge in [0.1, 0.15) is 5.65 Å². The summed E-state index contributed by atoms with van der Waals surface area (Å²) >= 11 is 0. The van der Waals surface area contributed by atoms with E-state index >= 15 is 0 Å². The van der Waals surface area contributed by atoms with Gasteiger partial charge >= 0.3 is 5.69 Å². The second kappa shape index (κ2) is 7.30. The topological polar surface area (TPSA) is 118 Å². The lowest BCUT2D eigenvalue weighted by atomic mass is 10.0. The number of ether oxygens (including phenoxy) is 1. The third-order valence-electron chi connectivity index (χ3n) is 4.95. The smallest absolute Gasteiger partial charge is 0.312 e. The Labute approximate surface area is 166 Å². The van der Waals surface area contributed by atoms with Gasteiger partial charge in [-0.2, -0.15) is 4.31 Å². The molecule has 29 heavy (non-hydrogen) atoms. The number of nitrogens with one attached hydrogen (secondary N) is 1. The molecule has 0 amide bonds. The molecule has 0 bridgehead atoms. The fourth-order valence-corrected chi connectivity index (χ4v) is 4.86. The van der Waals surface area contributed by atoms with Crippen LogP contribution in [0.25, 0.3) is 16.6 Å².